The summed E-state index contributed by atoms with van der Waals surface area (Å²) in [6.07, 6.45) is 0. The molecule has 4 aromatic rings. The van der Waals surface area contributed by atoms with Gasteiger partial charge in [0.2, 0.25) is 5.95 Å². The lowest BCUT2D eigenvalue weighted by molar-refractivity contribution is 0.628. The first-order valence-electron chi connectivity index (χ1n) is 8.25. The van der Waals surface area contributed by atoms with Crippen molar-refractivity contribution < 1.29 is 4.39 Å². The second-order valence-electron chi connectivity index (χ2n) is 6.16. The first-order chi connectivity index (χ1) is 12.6. The normalized spacial score (nSPS) is 10.8. The third-order valence-corrected chi connectivity index (χ3v) is 4.17. The van der Waals surface area contributed by atoms with Crippen molar-refractivity contribution >= 4 is 28.4 Å². The lowest BCUT2D eigenvalue weighted by Gasteiger charge is -2.11. The van der Waals surface area contributed by atoms with Gasteiger partial charge in [0, 0.05) is 11.1 Å². The van der Waals surface area contributed by atoms with E-state index in [0.29, 0.717) is 5.82 Å². The van der Waals surface area contributed by atoms with E-state index < -0.39 is 0 Å². The lowest BCUT2D eigenvalue weighted by atomic mass is 10.0. The van der Waals surface area contributed by atoms with Crippen LogP contribution in [0.4, 0.5) is 21.8 Å². The van der Waals surface area contributed by atoms with E-state index in [0.717, 1.165) is 33.3 Å². The van der Waals surface area contributed by atoms with Crippen LogP contribution >= 0.6 is 0 Å². The van der Waals surface area contributed by atoms with Gasteiger partial charge < -0.3 is 11.1 Å². The smallest absolute Gasteiger partial charge is 0.222 e. The van der Waals surface area contributed by atoms with E-state index in [1.54, 1.807) is 12.1 Å². The van der Waals surface area contributed by atoms with Gasteiger partial charge in [-0.05, 0) is 60.0 Å². The molecule has 128 valence electrons. The van der Waals surface area contributed by atoms with E-state index in [4.69, 9.17) is 5.73 Å². The van der Waals surface area contributed by atoms with E-state index >= 15 is 0 Å². The topological polar surface area (TPSA) is 63.8 Å². The first kappa shape index (κ1) is 16.0. The molecule has 0 unspecified atom stereocenters. The van der Waals surface area contributed by atoms with E-state index in [-0.39, 0.29) is 11.8 Å². The van der Waals surface area contributed by atoms with Crippen LogP contribution in [0.3, 0.4) is 0 Å². The molecule has 4 rings (SSSR count). The van der Waals surface area contributed by atoms with Crippen LogP contribution in [0.25, 0.3) is 22.0 Å². The van der Waals surface area contributed by atoms with Crippen molar-refractivity contribution in [2.45, 2.75) is 6.92 Å². The second-order valence-corrected chi connectivity index (χ2v) is 6.16. The van der Waals surface area contributed by atoms with Crippen molar-refractivity contribution in [2.75, 3.05) is 11.1 Å². The third-order valence-electron chi connectivity index (χ3n) is 4.17. The molecule has 0 saturated heterocycles. The van der Waals surface area contributed by atoms with Crippen LogP contribution in [0, 0.1) is 12.7 Å². The Hall–Kier alpha value is -3.47. The van der Waals surface area contributed by atoms with E-state index in [1.807, 2.05) is 49.4 Å². The second kappa shape index (κ2) is 6.44. The summed E-state index contributed by atoms with van der Waals surface area (Å²) in [4.78, 5) is 8.68. The number of hydrogen-bond acceptors (Lipinski definition) is 4. The van der Waals surface area contributed by atoms with Gasteiger partial charge in [0.15, 0.2) is 0 Å². The Kier molecular flexibility index (Phi) is 3.97. The van der Waals surface area contributed by atoms with Gasteiger partial charge in [-0.25, -0.2) is 9.37 Å². The first-order valence-corrected chi connectivity index (χ1v) is 8.25. The van der Waals surface area contributed by atoms with Crippen molar-refractivity contribution in [1.29, 1.82) is 0 Å². The summed E-state index contributed by atoms with van der Waals surface area (Å²) in [5, 5.41) is 4.17. The molecule has 0 bridgehead atoms. The van der Waals surface area contributed by atoms with E-state index in [9.17, 15) is 4.39 Å². The van der Waals surface area contributed by atoms with Crippen molar-refractivity contribution in [1.82, 2.24) is 9.97 Å². The fourth-order valence-corrected chi connectivity index (χ4v) is 2.92. The summed E-state index contributed by atoms with van der Waals surface area (Å²) in [5.74, 6) is 0.594. The standard InChI is InChI=1S/C21H17FN4/c1-13-3-2-4-17(11-13)24-20-18-12-15(14-5-8-16(22)9-6-14)7-10-19(18)25-21(23)26-20/h2-12H,1H3,(H3,23,24,25,26). The summed E-state index contributed by atoms with van der Waals surface area (Å²) >= 11 is 0. The number of fused-ring (bicyclic) bond motifs is 1. The number of nitrogens with one attached hydrogen (secondary N) is 1. The zero-order chi connectivity index (χ0) is 18.1. The fourth-order valence-electron chi connectivity index (χ4n) is 2.92. The third kappa shape index (κ3) is 3.19. The van der Waals surface area contributed by atoms with Gasteiger partial charge in [-0.3, -0.25) is 0 Å². The van der Waals surface area contributed by atoms with Gasteiger partial charge in [-0.2, -0.15) is 4.98 Å². The van der Waals surface area contributed by atoms with Gasteiger partial charge >= 0.3 is 0 Å². The molecule has 0 atom stereocenters. The number of rotatable bonds is 3. The number of halogens is 1. The molecule has 26 heavy (non-hydrogen) atoms. The molecule has 4 nitrogen and oxygen atoms in total. The number of anilines is 3. The highest BCUT2D eigenvalue weighted by molar-refractivity contribution is 5.94. The highest BCUT2D eigenvalue weighted by Crippen LogP contribution is 2.29. The molecular weight excluding hydrogens is 327 g/mol. The Balaban J connectivity index is 1.83. The minimum Gasteiger partial charge on any atom is -0.368 e. The van der Waals surface area contributed by atoms with Crippen LogP contribution in [0.15, 0.2) is 66.7 Å². The van der Waals surface area contributed by atoms with Gasteiger partial charge in [0.05, 0.1) is 5.52 Å². The largest absolute Gasteiger partial charge is 0.368 e. The fraction of sp³-hybridized carbons (Fsp3) is 0.0476. The summed E-state index contributed by atoms with van der Waals surface area (Å²) in [6, 6.07) is 20.3. The number of nitrogens with zero attached hydrogens (tertiary/aromatic N) is 2. The number of benzene rings is 3. The maximum absolute atomic E-state index is 13.2. The van der Waals surface area contributed by atoms with Crippen LogP contribution in [0.5, 0.6) is 0 Å². The maximum Gasteiger partial charge on any atom is 0.222 e. The van der Waals surface area contributed by atoms with Crippen molar-refractivity contribution in [3.05, 3.63) is 78.1 Å². The molecule has 0 amide bonds. The monoisotopic (exact) mass is 344 g/mol. The summed E-state index contributed by atoms with van der Waals surface area (Å²) < 4.78 is 13.2. The molecule has 0 aliphatic heterocycles. The van der Waals surface area contributed by atoms with Crippen LogP contribution in [-0.4, -0.2) is 9.97 Å². The Bertz CT molecular complexity index is 1090. The Morgan fingerprint density at radius 2 is 1.65 bits per heavy atom. The molecule has 0 spiro atoms. The molecule has 3 aromatic carbocycles. The summed E-state index contributed by atoms with van der Waals surface area (Å²) in [5.41, 5.74) is 10.6. The minimum atomic E-state index is -0.257. The lowest BCUT2D eigenvalue weighted by Crippen LogP contribution is -2.01. The summed E-state index contributed by atoms with van der Waals surface area (Å²) in [6.45, 7) is 2.03. The van der Waals surface area contributed by atoms with E-state index in [1.165, 1.54) is 12.1 Å². The molecule has 0 aliphatic rings. The number of nitrogen functional groups attached to an aromatic ring is 1. The zero-order valence-corrected chi connectivity index (χ0v) is 14.2. The minimum absolute atomic E-state index is 0.210. The summed E-state index contributed by atoms with van der Waals surface area (Å²) in [7, 11) is 0. The quantitative estimate of drug-likeness (QED) is 0.544. The number of nitrogens with two attached hydrogens (primary N) is 1. The predicted octanol–water partition coefficient (Wildman–Crippen LogP) is 5.07. The van der Waals surface area contributed by atoms with Gasteiger partial charge in [0.25, 0.3) is 0 Å². The maximum atomic E-state index is 13.2. The average Bonchev–Trinajstić information content (AvgIpc) is 2.62. The van der Waals surface area contributed by atoms with Crippen LogP contribution < -0.4 is 11.1 Å². The van der Waals surface area contributed by atoms with Gasteiger partial charge in [-0.15, -0.1) is 0 Å². The highest BCUT2D eigenvalue weighted by Gasteiger charge is 2.09. The molecule has 0 saturated carbocycles. The van der Waals surface area contributed by atoms with Crippen molar-refractivity contribution in [3.63, 3.8) is 0 Å². The van der Waals surface area contributed by atoms with Crippen LogP contribution in [0.1, 0.15) is 5.56 Å². The number of hydrogen-bond donors (Lipinski definition) is 2. The Morgan fingerprint density at radius 1 is 0.885 bits per heavy atom. The Labute approximate surface area is 150 Å². The van der Waals surface area contributed by atoms with Gasteiger partial charge in [0.1, 0.15) is 11.6 Å². The average molecular weight is 344 g/mol. The molecular formula is C21H17FN4. The zero-order valence-electron chi connectivity index (χ0n) is 14.2. The molecule has 0 fully saturated rings. The van der Waals surface area contributed by atoms with Crippen molar-refractivity contribution in [3.8, 4) is 11.1 Å². The predicted molar refractivity (Wildman–Crippen MR) is 104 cm³/mol. The van der Waals surface area contributed by atoms with Crippen LogP contribution in [-0.2, 0) is 0 Å². The van der Waals surface area contributed by atoms with Crippen LogP contribution in [0.2, 0.25) is 0 Å². The molecule has 0 aliphatic carbocycles. The van der Waals surface area contributed by atoms with E-state index in [2.05, 4.69) is 15.3 Å². The number of aryl methyl sites for hydroxylation is 1. The Morgan fingerprint density at radius 3 is 2.42 bits per heavy atom. The van der Waals surface area contributed by atoms with Crippen molar-refractivity contribution in [2.24, 2.45) is 0 Å². The molecule has 1 heterocycles. The molecule has 5 heteroatoms. The van der Waals surface area contributed by atoms with Gasteiger partial charge in [-0.1, -0.05) is 30.3 Å². The molecule has 3 N–H and O–H groups in total. The highest BCUT2D eigenvalue weighted by atomic mass is 19.1. The molecule has 0 radical (unpaired) electrons. The number of aromatic nitrogens is 2. The molecule has 1 aromatic heterocycles. The SMILES string of the molecule is Cc1cccc(Nc2nc(N)nc3ccc(-c4ccc(F)cc4)cc23)c1.